The molecule has 1 aromatic heterocycles. The van der Waals surface area contributed by atoms with Crippen molar-refractivity contribution in [3.8, 4) is 35.2 Å². The number of benzene rings is 3. The van der Waals surface area contributed by atoms with Gasteiger partial charge in [-0.2, -0.15) is 9.97 Å². The normalized spacial score (nSPS) is 22.9. The van der Waals surface area contributed by atoms with Crippen LogP contribution in [0.1, 0.15) is 51.0 Å². The summed E-state index contributed by atoms with van der Waals surface area (Å²) in [5, 5.41) is 14.5. The van der Waals surface area contributed by atoms with Gasteiger partial charge in [0.05, 0.1) is 22.7 Å². The Labute approximate surface area is 287 Å². The lowest BCUT2D eigenvalue weighted by Crippen LogP contribution is -2.43. The molecule has 0 amide bonds. The smallest absolute Gasteiger partial charge is 0.319 e. The summed E-state index contributed by atoms with van der Waals surface area (Å²) in [5.74, 6) is 1.60. The molecule has 4 aromatic rings. The Morgan fingerprint density at radius 1 is 1.14 bits per heavy atom. The van der Waals surface area contributed by atoms with E-state index in [1.807, 2.05) is 4.90 Å². The van der Waals surface area contributed by atoms with Crippen molar-refractivity contribution in [3.05, 3.63) is 52.6 Å². The number of terminal acetylenes is 1. The Bertz CT molecular complexity index is 1950. The molecule has 2 unspecified atom stereocenters. The molecule has 4 heterocycles. The fourth-order valence-corrected chi connectivity index (χ4v) is 8.55. The van der Waals surface area contributed by atoms with Crippen molar-refractivity contribution < 1.29 is 27.4 Å². The van der Waals surface area contributed by atoms with Crippen LogP contribution < -0.4 is 15.0 Å². The van der Waals surface area contributed by atoms with Crippen LogP contribution in [0.4, 0.5) is 23.4 Å². The number of phenols is 1. The van der Waals surface area contributed by atoms with Crippen LogP contribution >= 0.6 is 11.6 Å². The van der Waals surface area contributed by atoms with E-state index in [1.165, 1.54) is 24.3 Å². The Hall–Kier alpha value is -3.85. The van der Waals surface area contributed by atoms with Gasteiger partial charge in [-0.3, -0.25) is 4.90 Å². The molecule has 3 aromatic carbocycles. The maximum Gasteiger partial charge on any atom is 0.319 e. The van der Waals surface area contributed by atoms with E-state index in [1.54, 1.807) is 6.07 Å². The molecule has 3 saturated heterocycles. The number of rotatable bonds is 8. The van der Waals surface area contributed by atoms with Crippen molar-refractivity contribution in [2.75, 3.05) is 44.2 Å². The summed E-state index contributed by atoms with van der Waals surface area (Å²) in [7, 11) is 0. The number of hydrogen-bond acceptors (Lipinski definition) is 7. The highest BCUT2D eigenvalue weighted by Gasteiger charge is 2.47. The van der Waals surface area contributed by atoms with Crippen molar-refractivity contribution in [2.45, 2.75) is 63.5 Å². The molecule has 7 rings (SSSR count). The Balaban J connectivity index is 1.38. The zero-order valence-corrected chi connectivity index (χ0v) is 28.0. The van der Waals surface area contributed by atoms with Crippen LogP contribution in [-0.4, -0.2) is 77.3 Å². The number of fused-ring (bicyclic) bond motifs is 3. The molecule has 3 fully saturated rings. The molecule has 2 N–H and O–H groups in total. The van der Waals surface area contributed by atoms with E-state index in [-0.39, 0.29) is 56.0 Å². The van der Waals surface area contributed by atoms with Crippen LogP contribution in [0.5, 0.6) is 11.8 Å². The van der Waals surface area contributed by atoms with Gasteiger partial charge in [-0.15, -0.1) is 6.42 Å². The second-order valence-electron chi connectivity index (χ2n) is 13.7. The van der Waals surface area contributed by atoms with Gasteiger partial charge in [-0.05, 0) is 79.8 Å². The molecule has 12 heteroatoms. The van der Waals surface area contributed by atoms with Gasteiger partial charge in [-0.1, -0.05) is 36.9 Å². The summed E-state index contributed by atoms with van der Waals surface area (Å²) in [6, 6.07) is 6.69. The summed E-state index contributed by atoms with van der Waals surface area (Å²) < 4.78 is 64.7. The number of alkyl halides is 2. The second-order valence-corrected chi connectivity index (χ2v) is 14.1. The van der Waals surface area contributed by atoms with Gasteiger partial charge >= 0.3 is 6.01 Å². The number of hydrogen-bond donors (Lipinski definition) is 2. The zero-order valence-electron chi connectivity index (χ0n) is 27.2. The predicted octanol–water partition coefficient (Wildman–Crippen LogP) is 7.54. The minimum absolute atomic E-state index is 0.00656. The first-order valence-corrected chi connectivity index (χ1v) is 17.2. The minimum atomic E-state index is -2.49. The van der Waals surface area contributed by atoms with Crippen molar-refractivity contribution >= 4 is 39.1 Å². The number of phenolic OH excluding ortho intramolecular Hbond substituents is 1. The molecule has 49 heavy (non-hydrogen) atoms. The van der Waals surface area contributed by atoms with Gasteiger partial charge in [-0.25, -0.2) is 17.6 Å². The maximum absolute atomic E-state index is 17.1. The van der Waals surface area contributed by atoms with E-state index in [0.717, 1.165) is 45.2 Å². The number of aromatic nitrogens is 2. The average molecular weight is 696 g/mol. The van der Waals surface area contributed by atoms with E-state index in [9.17, 15) is 18.3 Å². The first-order chi connectivity index (χ1) is 23.6. The molecule has 3 aliphatic heterocycles. The molecule has 0 bridgehead atoms. The predicted molar refractivity (Wildman–Crippen MR) is 184 cm³/mol. The molecular formula is C37H38ClF4N5O2. The number of anilines is 1. The van der Waals surface area contributed by atoms with Gasteiger partial charge in [0.15, 0.2) is 5.82 Å². The highest BCUT2D eigenvalue weighted by atomic mass is 35.5. The van der Waals surface area contributed by atoms with Crippen LogP contribution in [0.25, 0.3) is 32.8 Å². The quantitative estimate of drug-likeness (QED) is 0.146. The molecule has 258 valence electrons. The topological polar surface area (TPSA) is 73.8 Å². The fourth-order valence-electron chi connectivity index (χ4n) is 8.25. The highest BCUT2D eigenvalue weighted by molar-refractivity contribution is 6.35. The number of halogens is 5. The van der Waals surface area contributed by atoms with Gasteiger partial charge in [0.25, 0.3) is 6.43 Å². The average Bonchev–Trinajstić information content (AvgIpc) is 3.48. The first kappa shape index (κ1) is 33.6. The second kappa shape index (κ2) is 13.5. The summed E-state index contributed by atoms with van der Waals surface area (Å²) in [4.78, 5) is 13.9. The monoisotopic (exact) mass is 695 g/mol. The minimum Gasteiger partial charge on any atom is -0.508 e. The molecule has 0 aliphatic carbocycles. The summed E-state index contributed by atoms with van der Waals surface area (Å²) in [6.07, 6.45) is 8.53. The number of nitrogens with zero attached hydrogens (tertiary/aromatic N) is 4. The van der Waals surface area contributed by atoms with Crippen LogP contribution in [0.3, 0.4) is 0 Å². The van der Waals surface area contributed by atoms with Gasteiger partial charge in [0.1, 0.15) is 29.5 Å². The Kier molecular flexibility index (Phi) is 9.24. The largest absolute Gasteiger partial charge is 0.508 e. The van der Waals surface area contributed by atoms with Crippen molar-refractivity contribution in [1.29, 1.82) is 0 Å². The Morgan fingerprint density at radius 2 is 1.98 bits per heavy atom. The standard InChI is InChI=1S/C37H38ClF4N5O2/c1-3-25-29(39)9-8-22-13-24(48)14-26(31(22)25)32-28(38)15-27-34(33(32)42)44-36(49-20-37-10-6-12-47(37)18-21(2)16-37)45-35(27)46-11-5-4-7-23(19-46)43-17-30(40)41/h1,8-9,13-15,21,23,30,43,48H,4-7,10-12,16-20H2,2H3/t21-,23?,37?/m1/s1. The van der Waals surface area contributed by atoms with Gasteiger partial charge in [0.2, 0.25) is 0 Å². The number of ether oxygens (including phenoxy) is 1. The first-order valence-electron chi connectivity index (χ1n) is 16.8. The summed E-state index contributed by atoms with van der Waals surface area (Å²) in [5.41, 5.74) is -0.304. The molecule has 0 spiro atoms. The lowest BCUT2D eigenvalue weighted by atomic mass is 9.92. The zero-order chi connectivity index (χ0) is 34.4. The van der Waals surface area contributed by atoms with E-state index in [2.05, 4.69) is 28.0 Å². The van der Waals surface area contributed by atoms with Crippen LogP contribution in [0, 0.1) is 29.9 Å². The van der Waals surface area contributed by atoms with E-state index in [4.69, 9.17) is 27.7 Å². The molecule has 0 radical (unpaired) electrons. The van der Waals surface area contributed by atoms with Crippen LogP contribution in [0.15, 0.2) is 30.3 Å². The van der Waals surface area contributed by atoms with Crippen molar-refractivity contribution in [1.82, 2.24) is 20.2 Å². The number of aromatic hydroxyl groups is 1. The van der Waals surface area contributed by atoms with Crippen LogP contribution in [-0.2, 0) is 0 Å². The molecule has 7 nitrogen and oxygen atoms in total. The Morgan fingerprint density at radius 3 is 2.78 bits per heavy atom. The fraction of sp³-hybridized carbons (Fsp3) is 0.459. The van der Waals surface area contributed by atoms with Crippen molar-refractivity contribution in [2.24, 2.45) is 5.92 Å². The molecule has 0 saturated carbocycles. The lowest BCUT2D eigenvalue weighted by Gasteiger charge is -2.31. The summed E-state index contributed by atoms with van der Waals surface area (Å²) in [6.45, 7) is 5.02. The third kappa shape index (κ3) is 6.35. The highest BCUT2D eigenvalue weighted by Crippen LogP contribution is 2.45. The van der Waals surface area contributed by atoms with Crippen molar-refractivity contribution in [3.63, 3.8) is 0 Å². The van der Waals surface area contributed by atoms with E-state index < -0.39 is 24.6 Å². The number of nitrogens with one attached hydrogen (secondary N) is 1. The van der Waals surface area contributed by atoms with E-state index in [0.29, 0.717) is 48.6 Å². The van der Waals surface area contributed by atoms with Gasteiger partial charge < -0.3 is 20.1 Å². The van der Waals surface area contributed by atoms with Gasteiger partial charge in [0, 0.05) is 42.0 Å². The third-order valence-corrected chi connectivity index (χ3v) is 10.6. The molecule has 3 aliphatic rings. The molecule has 3 atom stereocenters. The SMILES string of the molecule is C#Cc1c(F)ccc2cc(O)cc(-c3c(Cl)cc4c(N5CCCCC(NCC(F)F)C5)nc(OCC56CCCN5C[C@H](C)C6)nc4c3F)c12. The third-order valence-electron chi connectivity index (χ3n) is 10.3. The lowest BCUT2D eigenvalue weighted by molar-refractivity contribution is 0.107. The molecular weight excluding hydrogens is 658 g/mol. The summed E-state index contributed by atoms with van der Waals surface area (Å²) >= 11 is 6.87. The van der Waals surface area contributed by atoms with E-state index >= 15 is 4.39 Å². The van der Waals surface area contributed by atoms with Crippen LogP contribution in [0.2, 0.25) is 5.02 Å². The maximum atomic E-state index is 17.1.